The normalized spacial score (nSPS) is 11.0. The molecule has 3 aromatic rings. The summed E-state index contributed by atoms with van der Waals surface area (Å²) in [7, 11) is 0. The molecule has 1 amide bonds. The minimum absolute atomic E-state index is 0.0794. The lowest BCUT2D eigenvalue weighted by atomic mass is 9.84. The molecule has 0 aliphatic carbocycles. The highest BCUT2D eigenvalue weighted by molar-refractivity contribution is 5.95. The van der Waals surface area contributed by atoms with Gasteiger partial charge in [0.15, 0.2) is 12.4 Å². The maximum absolute atomic E-state index is 12.7. The number of nitrogens with one attached hydrogen (secondary N) is 1. The third-order valence-corrected chi connectivity index (χ3v) is 4.96. The van der Waals surface area contributed by atoms with Crippen LogP contribution in [-0.4, -0.2) is 18.3 Å². The van der Waals surface area contributed by atoms with Gasteiger partial charge in [-0.05, 0) is 42.3 Å². The molecule has 4 nitrogen and oxygen atoms in total. The van der Waals surface area contributed by atoms with Gasteiger partial charge in [-0.3, -0.25) is 9.59 Å². The highest BCUT2D eigenvalue weighted by atomic mass is 16.5. The van der Waals surface area contributed by atoms with Gasteiger partial charge in [0.05, 0.1) is 5.54 Å². The van der Waals surface area contributed by atoms with Crippen molar-refractivity contribution in [2.75, 3.05) is 6.61 Å². The number of hydrogen-bond donors (Lipinski definition) is 1. The molecule has 0 unspecified atom stereocenters. The number of carbonyl (C=O) groups excluding carboxylic acids is 2. The van der Waals surface area contributed by atoms with E-state index in [9.17, 15) is 9.59 Å². The lowest BCUT2D eigenvalue weighted by molar-refractivity contribution is -0.124. The van der Waals surface area contributed by atoms with E-state index >= 15 is 0 Å². The number of rotatable bonds is 8. The first-order valence-electron chi connectivity index (χ1n) is 9.71. The van der Waals surface area contributed by atoms with E-state index in [2.05, 4.69) is 5.32 Å². The molecule has 1 N–H and O–H groups in total. The van der Waals surface area contributed by atoms with Gasteiger partial charge in [0, 0.05) is 12.0 Å². The van der Waals surface area contributed by atoms with Crippen LogP contribution in [0.25, 0.3) is 0 Å². The molecule has 0 aliphatic rings. The molecule has 0 atom stereocenters. The van der Waals surface area contributed by atoms with Crippen LogP contribution in [0, 0.1) is 0 Å². The first-order chi connectivity index (χ1) is 14.0. The number of hydrogen-bond acceptors (Lipinski definition) is 3. The van der Waals surface area contributed by atoms with Crippen molar-refractivity contribution in [1.82, 2.24) is 5.32 Å². The van der Waals surface area contributed by atoms with Crippen molar-refractivity contribution in [3.05, 3.63) is 102 Å². The second-order valence-corrected chi connectivity index (χ2v) is 7.00. The van der Waals surface area contributed by atoms with Gasteiger partial charge in [-0.15, -0.1) is 0 Å². The molecule has 0 heterocycles. The van der Waals surface area contributed by atoms with Crippen LogP contribution in [0.2, 0.25) is 0 Å². The van der Waals surface area contributed by atoms with E-state index in [1.165, 1.54) is 0 Å². The average Bonchev–Trinajstić information content (AvgIpc) is 2.78. The molecule has 0 saturated carbocycles. The molecule has 3 aromatic carbocycles. The summed E-state index contributed by atoms with van der Waals surface area (Å²) in [6.07, 6.45) is 0.458. The number of benzene rings is 3. The van der Waals surface area contributed by atoms with Crippen LogP contribution in [0.4, 0.5) is 0 Å². The summed E-state index contributed by atoms with van der Waals surface area (Å²) in [4.78, 5) is 24.4. The van der Waals surface area contributed by atoms with Gasteiger partial charge in [-0.2, -0.15) is 0 Å². The second kappa shape index (κ2) is 9.20. The summed E-state index contributed by atoms with van der Waals surface area (Å²) < 4.78 is 5.63. The summed E-state index contributed by atoms with van der Waals surface area (Å²) in [5, 5.41) is 3.12. The molecule has 0 spiro atoms. The quantitative estimate of drug-likeness (QED) is 0.568. The van der Waals surface area contributed by atoms with E-state index in [1.54, 1.807) is 24.3 Å². The highest BCUT2D eigenvalue weighted by Gasteiger charge is 2.30. The summed E-state index contributed by atoms with van der Waals surface area (Å²) in [6.45, 7) is 3.70. The minimum Gasteiger partial charge on any atom is -0.484 e. The fourth-order valence-electron chi connectivity index (χ4n) is 3.26. The molecule has 0 aromatic heterocycles. The Balaban J connectivity index is 1.72. The fraction of sp³-hybridized carbons (Fsp3) is 0.200. The van der Waals surface area contributed by atoms with Crippen molar-refractivity contribution in [3.8, 4) is 5.75 Å². The van der Waals surface area contributed by atoms with E-state index < -0.39 is 5.54 Å². The first kappa shape index (κ1) is 20.3. The van der Waals surface area contributed by atoms with E-state index in [0.29, 0.717) is 17.7 Å². The molecule has 0 aliphatic heterocycles. The zero-order valence-corrected chi connectivity index (χ0v) is 16.7. The predicted octanol–water partition coefficient (Wildman–Crippen LogP) is 4.74. The molecule has 148 valence electrons. The third-order valence-electron chi connectivity index (χ3n) is 4.96. The van der Waals surface area contributed by atoms with E-state index in [1.807, 2.05) is 74.5 Å². The molecule has 4 heteroatoms. The van der Waals surface area contributed by atoms with Crippen molar-refractivity contribution in [3.63, 3.8) is 0 Å². The Kier molecular flexibility index (Phi) is 6.45. The van der Waals surface area contributed by atoms with Gasteiger partial charge in [-0.1, -0.05) is 67.6 Å². The standard InChI is InChI=1S/C25H25NO3/c1-3-23(27)19-14-16-22(17-15-19)29-18-24(28)26-25(2,20-10-6-4-7-11-20)21-12-8-5-9-13-21/h4-17H,3,18H2,1-2H3,(H,26,28). The Hall–Kier alpha value is -3.40. The lowest BCUT2D eigenvalue weighted by Crippen LogP contribution is -2.46. The third kappa shape index (κ3) is 4.91. The molecule has 0 fully saturated rings. The molecule has 0 bridgehead atoms. The van der Waals surface area contributed by atoms with Gasteiger partial charge in [0.1, 0.15) is 5.75 Å². The number of carbonyl (C=O) groups is 2. The van der Waals surface area contributed by atoms with Crippen LogP contribution < -0.4 is 10.1 Å². The summed E-state index contributed by atoms with van der Waals surface area (Å²) in [5.74, 6) is 0.402. The Morgan fingerprint density at radius 3 is 1.83 bits per heavy atom. The van der Waals surface area contributed by atoms with E-state index in [4.69, 9.17) is 4.74 Å². The Morgan fingerprint density at radius 2 is 1.34 bits per heavy atom. The van der Waals surface area contributed by atoms with E-state index in [-0.39, 0.29) is 18.3 Å². The van der Waals surface area contributed by atoms with Crippen LogP contribution in [0.5, 0.6) is 5.75 Å². The highest BCUT2D eigenvalue weighted by Crippen LogP contribution is 2.29. The van der Waals surface area contributed by atoms with Crippen LogP contribution in [0.15, 0.2) is 84.9 Å². The first-order valence-corrected chi connectivity index (χ1v) is 9.71. The maximum atomic E-state index is 12.7. The number of ether oxygens (including phenoxy) is 1. The Morgan fingerprint density at radius 1 is 0.828 bits per heavy atom. The number of amides is 1. The number of ketones is 1. The van der Waals surface area contributed by atoms with Crippen molar-refractivity contribution in [2.24, 2.45) is 0 Å². The molecular weight excluding hydrogens is 362 g/mol. The second-order valence-electron chi connectivity index (χ2n) is 7.00. The molecule has 3 rings (SSSR count). The van der Waals surface area contributed by atoms with Gasteiger partial charge in [-0.25, -0.2) is 0 Å². The van der Waals surface area contributed by atoms with Crippen LogP contribution >= 0.6 is 0 Å². The average molecular weight is 387 g/mol. The Labute approximate surface area is 171 Å². The zero-order chi connectivity index (χ0) is 20.7. The summed E-state index contributed by atoms with van der Waals surface area (Å²) >= 11 is 0. The van der Waals surface area contributed by atoms with Crippen LogP contribution in [0.3, 0.4) is 0 Å². The summed E-state index contributed by atoms with van der Waals surface area (Å²) in [5.41, 5.74) is 1.94. The van der Waals surface area contributed by atoms with E-state index in [0.717, 1.165) is 11.1 Å². The lowest BCUT2D eigenvalue weighted by Gasteiger charge is -2.32. The predicted molar refractivity (Wildman–Crippen MR) is 114 cm³/mol. The van der Waals surface area contributed by atoms with Gasteiger partial charge in [0.2, 0.25) is 0 Å². The van der Waals surface area contributed by atoms with Gasteiger partial charge < -0.3 is 10.1 Å². The minimum atomic E-state index is -0.680. The van der Waals surface area contributed by atoms with Gasteiger partial charge >= 0.3 is 0 Å². The van der Waals surface area contributed by atoms with Crippen molar-refractivity contribution >= 4 is 11.7 Å². The maximum Gasteiger partial charge on any atom is 0.258 e. The molecule has 0 saturated heterocycles. The van der Waals surface area contributed by atoms with Gasteiger partial charge in [0.25, 0.3) is 5.91 Å². The Bertz CT molecular complexity index is 911. The fourth-order valence-corrected chi connectivity index (χ4v) is 3.26. The van der Waals surface area contributed by atoms with Crippen molar-refractivity contribution < 1.29 is 14.3 Å². The molecule has 29 heavy (non-hydrogen) atoms. The van der Waals surface area contributed by atoms with Crippen LogP contribution in [-0.2, 0) is 10.3 Å². The SMILES string of the molecule is CCC(=O)c1ccc(OCC(=O)NC(C)(c2ccccc2)c2ccccc2)cc1. The summed E-state index contributed by atoms with van der Waals surface area (Å²) in [6, 6.07) is 26.6. The molecular formula is C25H25NO3. The monoisotopic (exact) mass is 387 g/mol. The molecule has 0 radical (unpaired) electrons. The van der Waals surface area contributed by atoms with Crippen molar-refractivity contribution in [2.45, 2.75) is 25.8 Å². The topological polar surface area (TPSA) is 55.4 Å². The zero-order valence-electron chi connectivity index (χ0n) is 16.7. The van der Waals surface area contributed by atoms with Crippen molar-refractivity contribution in [1.29, 1.82) is 0 Å². The smallest absolute Gasteiger partial charge is 0.258 e. The van der Waals surface area contributed by atoms with Crippen LogP contribution in [0.1, 0.15) is 41.8 Å². The largest absolute Gasteiger partial charge is 0.484 e. The number of Topliss-reactive ketones (excluding diaryl/α,β-unsaturated/α-hetero) is 1.